The molecule has 2 aliphatic rings. The van der Waals surface area contributed by atoms with Crippen LogP contribution in [0.25, 0.3) is 5.00 Å². The van der Waals surface area contributed by atoms with Gasteiger partial charge in [0, 0.05) is 47.7 Å². The number of amides is 3. The molecule has 5 rings (SSSR count). The van der Waals surface area contributed by atoms with Gasteiger partial charge in [-0.15, -0.1) is 22.7 Å². The molecule has 0 saturated carbocycles. The molecule has 0 saturated heterocycles. The molecule has 3 amide bonds. The number of anilines is 1. The third-order valence-electron chi connectivity index (χ3n) is 6.52. The van der Waals surface area contributed by atoms with Crippen LogP contribution in [-0.4, -0.2) is 28.0 Å². The van der Waals surface area contributed by atoms with Gasteiger partial charge in [0.15, 0.2) is 0 Å². The van der Waals surface area contributed by atoms with Crippen molar-refractivity contribution in [3.63, 3.8) is 0 Å². The van der Waals surface area contributed by atoms with Crippen molar-refractivity contribution in [3.05, 3.63) is 56.5 Å². The minimum Gasteiger partial charge on any atom is -0.337 e. The normalized spacial score (nSPS) is 15.2. The van der Waals surface area contributed by atoms with Gasteiger partial charge in [-0.25, -0.2) is 4.79 Å². The first-order valence-corrected chi connectivity index (χ1v) is 12.8. The van der Waals surface area contributed by atoms with E-state index in [9.17, 15) is 9.59 Å². The molecule has 3 aromatic heterocycles. The minimum atomic E-state index is -0.161. The molecule has 0 aromatic carbocycles. The molecule has 1 aliphatic heterocycles. The minimum absolute atomic E-state index is 0.111. The van der Waals surface area contributed by atoms with Crippen LogP contribution in [0.4, 0.5) is 9.80 Å². The predicted octanol–water partition coefficient (Wildman–Crippen LogP) is 5.01. The molecule has 0 bridgehead atoms. The molecule has 8 heteroatoms. The molecule has 168 valence electrons. The van der Waals surface area contributed by atoms with Gasteiger partial charge >= 0.3 is 6.03 Å². The summed E-state index contributed by atoms with van der Waals surface area (Å²) in [5.74, 6) is 0.111. The molecule has 32 heavy (non-hydrogen) atoms. The van der Waals surface area contributed by atoms with Crippen LogP contribution in [0.3, 0.4) is 0 Å². The Kier molecular flexibility index (Phi) is 5.82. The maximum Gasteiger partial charge on any atom is 0.320 e. The van der Waals surface area contributed by atoms with Crippen molar-refractivity contribution in [1.29, 1.82) is 0 Å². The number of carbonyl (C=O) groups excluding carboxylic acids is 2. The van der Waals surface area contributed by atoms with E-state index in [1.807, 2.05) is 29.4 Å². The Labute approximate surface area is 196 Å². The molecule has 0 unspecified atom stereocenters. The summed E-state index contributed by atoms with van der Waals surface area (Å²) in [5.41, 5.74) is 5.10. The first-order valence-electron chi connectivity index (χ1n) is 11.2. The highest BCUT2D eigenvalue weighted by Gasteiger charge is 2.26. The van der Waals surface area contributed by atoms with Crippen LogP contribution in [-0.2, 0) is 37.1 Å². The third kappa shape index (κ3) is 3.97. The van der Waals surface area contributed by atoms with E-state index >= 15 is 0 Å². The number of hydrogen-bond acceptors (Lipinski definition) is 4. The summed E-state index contributed by atoms with van der Waals surface area (Å²) in [6, 6.07) is 3.85. The zero-order valence-corrected chi connectivity index (χ0v) is 20.1. The second-order valence-electron chi connectivity index (χ2n) is 8.54. The molecule has 4 heterocycles. The van der Waals surface area contributed by atoms with Crippen LogP contribution in [0.5, 0.6) is 0 Å². The number of nitrogens with one attached hydrogen (secondary N) is 2. The number of aryl methyl sites for hydroxylation is 1. The fourth-order valence-corrected chi connectivity index (χ4v) is 7.38. The van der Waals surface area contributed by atoms with Gasteiger partial charge in [0.1, 0.15) is 5.00 Å². The molecule has 6 nitrogen and oxygen atoms in total. The van der Waals surface area contributed by atoms with Crippen molar-refractivity contribution in [2.24, 2.45) is 0 Å². The number of aromatic nitrogens is 1. The van der Waals surface area contributed by atoms with E-state index in [0.29, 0.717) is 13.1 Å². The van der Waals surface area contributed by atoms with Gasteiger partial charge in [0.25, 0.3) is 0 Å². The quantitative estimate of drug-likeness (QED) is 0.565. The highest BCUT2D eigenvalue weighted by atomic mass is 32.1. The van der Waals surface area contributed by atoms with Crippen molar-refractivity contribution in [3.8, 4) is 5.00 Å². The molecular weight excluding hydrogens is 440 g/mol. The highest BCUT2D eigenvalue weighted by molar-refractivity contribution is 7.16. The number of fused-ring (bicyclic) bond motifs is 2. The van der Waals surface area contributed by atoms with Gasteiger partial charge < -0.3 is 14.8 Å². The lowest BCUT2D eigenvalue weighted by Crippen LogP contribution is -2.34. The summed E-state index contributed by atoms with van der Waals surface area (Å²) in [7, 11) is 0. The third-order valence-corrected chi connectivity index (χ3v) is 9.10. The topological polar surface area (TPSA) is 66.4 Å². The molecule has 0 fully saturated rings. The van der Waals surface area contributed by atoms with Gasteiger partial charge in [-0.1, -0.05) is 0 Å². The lowest BCUT2D eigenvalue weighted by atomic mass is 9.96. The summed E-state index contributed by atoms with van der Waals surface area (Å²) in [6.45, 7) is 5.59. The first kappa shape index (κ1) is 21.3. The Hall–Kier alpha value is -2.58. The van der Waals surface area contributed by atoms with Crippen molar-refractivity contribution < 1.29 is 9.59 Å². The Bertz CT molecular complexity index is 1160. The first-order chi connectivity index (χ1) is 15.5. The van der Waals surface area contributed by atoms with Crippen LogP contribution in [0.1, 0.15) is 51.8 Å². The Morgan fingerprint density at radius 3 is 2.56 bits per heavy atom. The van der Waals surface area contributed by atoms with Gasteiger partial charge in [-0.2, -0.15) is 0 Å². The fourth-order valence-electron chi connectivity index (χ4n) is 4.74. The summed E-state index contributed by atoms with van der Waals surface area (Å²) < 4.78 is 2.10. The summed E-state index contributed by atoms with van der Waals surface area (Å²) >= 11 is 3.45. The number of urea groups is 1. The standard InChI is InChI=1S/C24H28N4O2S2/c1-15-17-7-3-4-8-20(17)31-22(15)26-24(30)25-13-19-18-9-12-28(16(2)29)14-21(18)32-23(19)27-10-5-6-11-27/h5-6,10-11H,3-4,7-9,12-14H2,1-2H3,(H2,25,26,30). The molecule has 0 spiro atoms. The fraction of sp³-hybridized carbons (Fsp3) is 0.417. The average Bonchev–Trinajstić information content (AvgIpc) is 3.50. The van der Waals surface area contributed by atoms with Crippen molar-refractivity contribution in [2.75, 3.05) is 11.9 Å². The summed E-state index contributed by atoms with van der Waals surface area (Å²) in [4.78, 5) is 29.2. The van der Waals surface area contributed by atoms with Crippen molar-refractivity contribution in [1.82, 2.24) is 14.8 Å². The van der Waals surface area contributed by atoms with Crippen LogP contribution in [0, 0.1) is 6.92 Å². The Balaban J connectivity index is 1.34. The SMILES string of the molecule is CC(=O)N1CCc2c(sc(-n3cccc3)c2CNC(=O)Nc2sc3c(c2C)CCCC3)C1. The van der Waals surface area contributed by atoms with E-state index in [1.165, 1.54) is 39.3 Å². The number of thiophene rings is 2. The van der Waals surface area contributed by atoms with Crippen molar-refractivity contribution >= 4 is 39.6 Å². The molecular formula is C24H28N4O2S2. The smallest absolute Gasteiger partial charge is 0.320 e. The number of nitrogens with zero attached hydrogens (tertiary/aromatic N) is 2. The summed E-state index contributed by atoms with van der Waals surface area (Å²) in [5, 5.41) is 8.29. The van der Waals surface area contributed by atoms with E-state index in [-0.39, 0.29) is 11.9 Å². The Morgan fingerprint density at radius 1 is 1.03 bits per heavy atom. The van der Waals surface area contributed by atoms with Crippen LogP contribution >= 0.6 is 22.7 Å². The molecule has 2 N–H and O–H groups in total. The van der Waals surface area contributed by atoms with Crippen LogP contribution in [0.15, 0.2) is 24.5 Å². The number of carbonyl (C=O) groups is 2. The molecule has 0 atom stereocenters. The molecule has 3 aromatic rings. The van der Waals surface area contributed by atoms with Crippen LogP contribution in [0.2, 0.25) is 0 Å². The van der Waals surface area contributed by atoms with E-state index in [4.69, 9.17) is 0 Å². The van der Waals surface area contributed by atoms with E-state index in [2.05, 4.69) is 22.1 Å². The largest absolute Gasteiger partial charge is 0.337 e. The second-order valence-corrected chi connectivity index (χ2v) is 10.7. The van der Waals surface area contributed by atoms with Crippen LogP contribution < -0.4 is 10.6 Å². The Morgan fingerprint density at radius 2 is 1.81 bits per heavy atom. The van der Waals surface area contributed by atoms with E-state index in [1.54, 1.807) is 29.6 Å². The zero-order chi connectivity index (χ0) is 22.2. The van der Waals surface area contributed by atoms with E-state index in [0.717, 1.165) is 41.4 Å². The average molecular weight is 469 g/mol. The number of hydrogen-bond donors (Lipinski definition) is 2. The monoisotopic (exact) mass is 468 g/mol. The highest BCUT2D eigenvalue weighted by Crippen LogP contribution is 2.38. The van der Waals surface area contributed by atoms with Gasteiger partial charge in [-0.05, 0) is 67.9 Å². The zero-order valence-electron chi connectivity index (χ0n) is 18.5. The number of rotatable bonds is 4. The maximum absolute atomic E-state index is 12.8. The van der Waals surface area contributed by atoms with Gasteiger partial charge in [-0.3, -0.25) is 10.1 Å². The predicted molar refractivity (Wildman–Crippen MR) is 130 cm³/mol. The second kappa shape index (κ2) is 8.75. The lowest BCUT2D eigenvalue weighted by Gasteiger charge is -2.26. The van der Waals surface area contributed by atoms with Crippen molar-refractivity contribution in [2.45, 2.75) is 59.0 Å². The lowest BCUT2D eigenvalue weighted by molar-refractivity contribution is -0.129. The van der Waals surface area contributed by atoms with Gasteiger partial charge in [0.2, 0.25) is 5.91 Å². The maximum atomic E-state index is 12.8. The van der Waals surface area contributed by atoms with Gasteiger partial charge in [0.05, 0.1) is 11.5 Å². The van der Waals surface area contributed by atoms with E-state index < -0.39 is 0 Å². The summed E-state index contributed by atoms with van der Waals surface area (Å²) in [6.07, 6.45) is 9.62. The molecule has 0 radical (unpaired) electrons. The molecule has 1 aliphatic carbocycles.